The van der Waals surface area contributed by atoms with Crippen LogP contribution < -0.4 is 19.5 Å². The molecule has 0 saturated heterocycles. The van der Waals surface area contributed by atoms with Crippen LogP contribution in [-0.4, -0.2) is 26.2 Å². The lowest BCUT2D eigenvalue weighted by molar-refractivity contribution is -0.121. The van der Waals surface area contributed by atoms with E-state index < -0.39 is 0 Å². The van der Waals surface area contributed by atoms with Gasteiger partial charge in [0, 0.05) is 18.5 Å². The van der Waals surface area contributed by atoms with Crippen molar-refractivity contribution in [1.82, 2.24) is 5.32 Å². The van der Waals surface area contributed by atoms with Crippen LogP contribution in [0.4, 0.5) is 0 Å². The molecule has 0 aliphatic carbocycles. The van der Waals surface area contributed by atoms with E-state index in [4.69, 9.17) is 14.2 Å². The van der Waals surface area contributed by atoms with Gasteiger partial charge >= 0.3 is 0 Å². The number of hydrogen-bond donors (Lipinski definition) is 1. The highest BCUT2D eigenvalue weighted by Gasteiger charge is 2.06. The first-order valence-electron chi connectivity index (χ1n) is 8.47. The van der Waals surface area contributed by atoms with Gasteiger partial charge in [0.2, 0.25) is 5.91 Å². The molecule has 5 heteroatoms. The van der Waals surface area contributed by atoms with Crippen molar-refractivity contribution >= 4 is 5.91 Å². The normalized spacial score (nSPS) is 10.2. The number of rotatable bonds is 10. The predicted molar refractivity (Wildman–Crippen MR) is 97.2 cm³/mol. The molecule has 0 bridgehead atoms. The Labute approximate surface area is 148 Å². The maximum atomic E-state index is 12.0. The molecule has 0 aromatic heterocycles. The number of amides is 1. The molecule has 0 saturated carbocycles. The fourth-order valence-electron chi connectivity index (χ4n) is 2.39. The number of methoxy groups -OCH3 is 1. The molecule has 0 spiro atoms. The van der Waals surface area contributed by atoms with E-state index in [1.165, 1.54) is 0 Å². The molecular formula is C20H25NO4. The summed E-state index contributed by atoms with van der Waals surface area (Å²) < 4.78 is 16.5. The SMILES string of the molecule is CCOc1ccccc1OCCCC(=O)NCc1ccccc1OC. The molecule has 1 amide bonds. The van der Waals surface area contributed by atoms with Gasteiger partial charge in [0.25, 0.3) is 0 Å². The second kappa shape index (κ2) is 10.2. The van der Waals surface area contributed by atoms with Gasteiger partial charge in [0.05, 0.1) is 20.3 Å². The monoisotopic (exact) mass is 343 g/mol. The van der Waals surface area contributed by atoms with Crippen molar-refractivity contribution in [2.24, 2.45) is 0 Å². The Hall–Kier alpha value is -2.69. The summed E-state index contributed by atoms with van der Waals surface area (Å²) in [7, 11) is 1.62. The van der Waals surface area contributed by atoms with Gasteiger partial charge in [-0.25, -0.2) is 0 Å². The highest BCUT2D eigenvalue weighted by atomic mass is 16.5. The van der Waals surface area contributed by atoms with E-state index in [2.05, 4.69) is 5.32 Å². The Morgan fingerprint density at radius 1 is 0.960 bits per heavy atom. The maximum Gasteiger partial charge on any atom is 0.220 e. The van der Waals surface area contributed by atoms with Crippen molar-refractivity contribution in [2.75, 3.05) is 20.3 Å². The van der Waals surface area contributed by atoms with E-state index in [0.717, 1.165) is 17.1 Å². The number of para-hydroxylation sites is 3. The molecule has 0 aliphatic rings. The first-order chi connectivity index (χ1) is 12.2. The van der Waals surface area contributed by atoms with Gasteiger partial charge in [-0.2, -0.15) is 0 Å². The number of benzene rings is 2. The van der Waals surface area contributed by atoms with Gasteiger partial charge in [-0.15, -0.1) is 0 Å². The molecule has 0 atom stereocenters. The highest BCUT2D eigenvalue weighted by Crippen LogP contribution is 2.26. The summed E-state index contributed by atoms with van der Waals surface area (Å²) in [5.74, 6) is 2.20. The Kier molecular flexibility index (Phi) is 7.63. The fraction of sp³-hybridized carbons (Fsp3) is 0.350. The number of hydrogen-bond acceptors (Lipinski definition) is 4. The van der Waals surface area contributed by atoms with Crippen LogP contribution in [0.3, 0.4) is 0 Å². The molecule has 5 nitrogen and oxygen atoms in total. The quantitative estimate of drug-likeness (QED) is 0.670. The van der Waals surface area contributed by atoms with Crippen molar-refractivity contribution in [2.45, 2.75) is 26.3 Å². The molecule has 0 radical (unpaired) electrons. The van der Waals surface area contributed by atoms with Crippen LogP contribution in [0, 0.1) is 0 Å². The van der Waals surface area contributed by atoms with Crippen molar-refractivity contribution in [1.29, 1.82) is 0 Å². The van der Waals surface area contributed by atoms with Gasteiger partial charge in [0.1, 0.15) is 5.75 Å². The number of carbonyl (C=O) groups excluding carboxylic acids is 1. The summed E-state index contributed by atoms with van der Waals surface area (Å²) in [6.07, 6.45) is 1.05. The number of carbonyl (C=O) groups is 1. The van der Waals surface area contributed by atoms with Crippen LogP contribution in [-0.2, 0) is 11.3 Å². The lowest BCUT2D eigenvalue weighted by Crippen LogP contribution is -2.23. The summed E-state index contributed by atoms with van der Waals surface area (Å²) in [5, 5.41) is 2.90. The highest BCUT2D eigenvalue weighted by molar-refractivity contribution is 5.75. The largest absolute Gasteiger partial charge is 0.496 e. The standard InChI is InChI=1S/C20H25NO4/c1-3-24-18-11-6-7-12-19(18)25-14-8-13-20(22)21-15-16-9-4-5-10-17(16)23-2/h4-7,9-12H,3,8,13-15H2,1-2H3,(H,21,22). The lowest BCUT2D eigenvalue weighted by Gasteiger charge is -2.12. The molecular weight excluding hydrogens is 318 g/mol. The van der Waals surface area contributed by atoms with Crippen molar-refractivity contribution in [3.8, 4) is 17.2 Å². The van der Waals surface area contributed by atoms with Crippen LogP contribution in [0.25, 0.3) is 0 Å². The van der Waals surface area contributed by atoms with Crippen LogP contribution in [0.15, 0.2) is 48.5 Å². The topological polar surface area (TPSA) is 56.8 Å². The van der Waals surface area contributed by atoms with Crippen LogP contribution in [0.5, 0.6) is 17.2 Å². The number of ether oxygens (including phenoxy) is 3. The van der Waals surface area contributed by atoms with Crippen LogP contribution >= 0.6 is 0 Å². The van der Waals surface area contributed by atoms with Gasteiger partial charge in [-0.1, -0.05) is 30.3 Å². The van der Waals surface area contributed by atoms with Crippen molar-refractivity contribution in [3.05, 3.63) is 54.1 Å². The molecule has 0 aliphatic heterocycles. The molecule has 2 rings (SSSR count). The predicted octanol–water partition coefficient (Wildman–Crippen LogP) is 3.57. The minimum atomic E-state index is -0.00685. The second-order valence-corrected chi connectivity index (χ2v) is 5.42. The van der Waals surface area contributed by atoms with Gasteiger partial charge in [0.15, 0.2) is 11.5 Å². The Morgan fingerprint density at radius 3 is 2.28 bits per heavy atom. The third-order valence-corrected chi connectivity index (χ3v) is 3.62. The van der Waals surface area contributed by atoms with E-state index in [0.29, 0.717) is 38.3 Å². The summed E-state index contributed by atoms with van der Waals surface area (Å²) in [6.45, 7) is 3.44. The maximum absolute atomic E-state index is 12.0. The molecule has 134 valence electrons. The summed E-state index contributed by atoms with van der Waals surface area (Å²) in [4.78, 5) is 12.0. The smallest absolute Gasteiger partial charge is 0.220 e. The van der Waals surface area contributed by atoms with Crippen molar-refractivity contribution < 1.29 is 19.0 Å². The number of nitrogens with one attached hydrogen (secondary N) is 1. The van der Waals surface area contributed by atoms with Gasteiger partial charge in [-0.05, 0) is 31.5 Å². The molecule has 25 heavy (non-hydrogen) atoms. The third kappa shape index (κ3) is 6.03. The zero-order valence-electron chi connectivity index (χ0n) is 14.8. The Morgan fingerprint density at radius 2 is 1.60 bits per heavy atom. The average Bonchev–Trinajstić information content (AvgIpc) is 2.65. The minimum absolute atomic E-state index is 0.00685. The fourth-order valence-corrected chi connectivity index (χ4v) is 2.39. The molecule has 1 N–H and O–H groups in total. The van der Waals surface area contributed by atoms with E-state index in [-0.39, 0.29) is 5.91 Å². The van der Waals surface area contributed by atoms with Crippen LogP contribution in [0.1, 0.15) is 25.3 Å². The summed E-state index contributed by atoms with van der Waals surface area (Å²) in [5.41, 5.74) is 0.959. The lowest BCUT2D eigenvalue weighted by atomic mass is 10.2. The Balaban J connectivity index is 1.70. The average molecular weight is 343 g/mol. The minimum Gasteiger partial charge on any atom is -0.496 e. The molecule has 2 aromatic carbocycles. The molecule has 0 heterocycles. The first-order valence-corrected chi connectivity index (χ1v) is 8.47. The van der Waals surface area contributed by atoms with Crippen LogP contribution in [0.2, 0.25) is 0 Å². The van der Waals surface area contributed by atoms with E-state index in [1.807, 2.05) is 55.5 Å². The summed E-state index contributed by atoms with van der Waals surface area (Å²) >= 11 is 0. The molecule has 2 aromatic rings. The first kappa shape index (κ1) is 18.6. The van der Waals surface area contributed by atoms with Gasteiger partial charge < -0.3 is 19.5 Å². The zero-order chi connectivity index (χ0) is 17.9. The molecule has 0 unspecified atom stereocenters. The Bertz CT molecular complexity index is 672. The third-order valence-electron chi connectivity index (χ3n) is 3.62. The van der Waals surface area contributed by atoms with Gasteiger partial charge in [-0.3, -0.25) is 4.79 Å². The molecule has 0 fully saturated rings. The second-order valence-electron chi connectivity index (χ2n) is 5.42. The van der Waals surface area contributed by atoms with E-state index in [9.17, 15) is 4.79 Å². The summed E-state index contributed by atoms with van der Waals surface area (Å²) in [6, 6.07) is 15.2. The zero-order valence-corrected chi connectivity index (χ0v) is 14.8. The van der Waals surface area contributed by atoms with Crippen molar-refractivity contribution in [3.63, 3.8) is 0 Å². The van der Waals surface area contributed by atoms with E-state index in [1.54, 1.807) is 7.11 Å². The van der Waals surface area contributed by atoms with E-state index >= 15 is 0 Å².